The number of aryl methyl sites for hydroxylation is 1. The summed E-state index contributed by atoms with van der Waals surface area (Å²) in [6.45, 7) is 2.01. The van der Waals surface area contributed by atoms with Gasteiger partial charge in [-0.2, -0.15) is 0 Å². The predicted molar refractivity (Wildman–Crippen MR) is 63.6 cm³/mol. The first-order chi connectivity index (χ1) is 7.84. The Hall–Kier alpha value is -2.16. The average molecular weight is 209 g/mol. The largest absolute Gasteiger partial charge is 0.306 e. The monoisotopic (exact) mass is 209 g/mol. The lowest BCUT2D eigenvalue weighted by Crippen LogP contribution is -1.95. The van der Waals surface area contributed by atoms with E-state index in [1.165, 1.54) is 0 Å². The van der Waals surface area contributed by atoms with Crippen LogP contribution in [-0.4, -0.2) is 14.5 Å². The van der Waals surface area contributed by atoms with Crippen molar-refractivity contribution in [3.05, 3.63) is 54.7 Å². The van der Waals surface area contributed by atoms with Gasteiger partial charge in [-0.25, -0.2) is 4.98 Å². The first kappa shape index (κ1) is 9.09. The molecule has 3 nitrogen and oxygen atoms in total. The van der Waals surface area contributed by atoms with E-state index < -0.39 is 0 Å². The van der Waals surface area contributed by atoms with Crippen LogP contribution in [0.2, 0.25) is 0 Å². The quantitative estimate of drug-likeness (QED) is 0.617. The van der Waals surface area contributed by atoms with E-state index in [0.29, 0.717) is 0 Å². The summed E-state index contributed by atoms with van der Waals surface area (Å²) < 4.78 is 2.01. The first-order valence-corrected chi connectivity index (χ1v) is 5.19. The minimum Gasteiger partial charge on any atom is -0.306 e. The van der Waals surface area contributed by atoms with Crippen molar-refractivity contribution < 1.29 is 0 Å². The maximum Gasteiger partial charge on any atom is 0.0991 e. The molecule has 0 radical (unpaired) electrons. The molecule has 0 bridgehead atoms. The van der Waals surface area contributed by atoms with E-state index in [-0.39, 0.29) is 0 Å². The van der Waals surface area contributed by atoms with E-state index in [4.69, 9.17) is 0 Å². The van der Waals surface area contributed by atoms with Crippen LogP contribution in [0.1, 0.15) is 5.69 Å². The maximum absolute atomic E-state index is 4.51. The number of benzene rings is 1. The topological polar surface area (TPSA) is 30.7 Å². The number of hydrogen-bond acceptors (Lipinski definition) is 2. The fourth-order valence-electron chi connectivity index (χ4n) is 1.90. The molecule has 2 aromatic heterocycles. The molecule has 0 fully saturated rings. The van der Waals surface area contributed by atoms with Gasteiger partial charge in [0.2, 0.25) is 0 Å². The van der Waals surface area contributed by atoms with Gasteiger partial charge >= 0.3 is 0 Å². The lowest BCUT2D eigenvalue weighted by Gasteiger charge is -2.07. The third-order valence-corrected chi connectivity index (χ3v) is 2.60. The van der Waals surface area contributed by atoms with Crippen molar-refractivity contribution in [3.8, 4) is 5.69 Å². The summed E-state index contributed by atoms with van der Waals surface area (Å²) in [6, 6.07) is 10.2. The number of rotatable bonds is 1. The Balaban J connectivity index is 2.39. The second-order valence-corrected chi connectivity index (χ2v) is 3.77. The van der Waals surface area contributed by atoms with Crippen molar-refractivity contribution in [3.63, 3.8) is 0 Å². The van der Waals surface area contributed by atoms with Crippen molar-refractivity contribution >= 4 is 10.9 Å². The third-order valence-electron chi connectivity index (χ3n) is 2.60. The Morgan fingerprint density at radius 2 is 2.06 bits per heavy atom. The molecule has 0 aliphatic carbocycles. The van der Waals surface area contributed by atoms with E-state index in [1.807, 2.05) is 35.9 Å². The van der Waals surface area contributed by atoms with Gasteiger partial charge in [-0.1, -0.05) is 18.2 Å². The SMILES string of the molecule is Cc1cc(-n2ccnc2)c2ccccc2n1. The van der Waals surface area contributed by atoms with Crippen LogP contribution in [-0.2, 0) is 0 Å². The van der Waals surface area contributed by atoms with Gasteiger partial charge in [-0.3, -0.25) is 4.98 Å². The molecule has 0 saturated heterocycles. The van der Waals surface area contributed by atoms with Gasteiger partial charge in [0.15, 0.2) is 0 Å². The highest BCUT2D eigenvalue weighted by atomic mass is 15.0. The Morgan fingerprint density at radius 3 is 2.88 bits per heavy atom. The fourth-order valence-corrected chi connectivity index (χ4v) is 1.90. The highest BCUT2D eigenvalue weighted by Crippen LogP contribution is 2.21. The zero-order chi connectivity index (χ0) is 11.0. The molecular weight excluding hydrogens is 198 g/mol. The molecule has 0 atom stereocenters. The number of fused-ring (bicyclic) bond motifs is 1. The van der Waals surface area contributed by atoms with Gasteiger partial charge in [0, 0.05) is 23.5 Å². The van der Waals surface area contributed by atoms with Crippen LogP contribution in [0.25, 0.3) is 16.6 Å². The van der Waals surface area contributed by atoms with Crippen LogP contribution in [0.4, 0.5) is 0 Å². The van der Waals surface area contributed by atoms with Crippen LogP contribution in [0.5, 0.6) is 0 Å². The molecule has 78 valence electrons. The lowest BCUT2D eigenvalue weighted by molar-refractivity contribution is 1.06. The van der Waals surface area contributed by atoms with E-state index in [9.17, 15) is 0 Å². The molecule has 3 heteroatoms. The van der Waals surface area contributed by atoms with Crippen LogP contribution >= 0.6 is 0 Å². The summed E-state index contributed by atoms with van der Waals surface area (Å²) in [7, 11) is 0. The van der Waals surface area contributed by atoms with Gasteiger partial charge in [0.1, 0.15) is 0 Å². The normalized spacial score (nSPS) is 10.8. The van der Waals surface area contributed by atoms with Crippen LogP contribution in [0.15, 0.2) is 49.1 Å². The van der Waals surface area contributed by atoms with E-state index in [2.05, 4.69) is 22.1 Å². The van der Waals surface area contributed by atoms with Crippen LogP contribution in [0.3, 0.4) is 0 Å². The van der Waals surface area contributed by atoms with Gasteiger partial charge in [-0.05, 0) is 19.1 Å². The summed E-state index contributed by atoms with van der Waals surface area (Å²) in [4.78, 5) is 8.59. The molecule has 0 spiro atoms. The predicted octanol–water partition coefficient (Wildman–Crippen LogP) is 2.73. The number of hydrogen-bond donors (Lipinski definition) is 0. The highest BCUT2D eigenvalue weighted by Gasteiger charge is 2.04. The molecule has 2 heterocycles. The molecule has 0 unspecified atom stereocenters. The summed E-state index contributed by atoms with van der Waals surface area (Å²) in [5.41, 5.74) is 3.16. The van der Waals surface area contributed by atoms with Crippen molar-refractivity contribution in [2.75, 3.05) is 0 Å². The van der Waals surface area contributed by atoms with Gasteiger partial charge in [0.05, 0.1) is 17.5 Å². The van der Waals surface area contributed by atoms with Gasteiger partial charge in [-0.15, -0.1) is 0 Å². The second-order valence-electron chi connectivity index (χ2n) is 3.77. The minimum absolute atomic E-state index is 1.02. The molecule has 3 aromatic rings. The number of aromatic nitrogens is 3. The lowest BCUT2D eigenvalue weighted by atomic mass is 10.1. The number of pyridine rings is 1. The zero-order valence-corrected chi connectivity index (χ0v) is 8.96. The van der Waals surface area contributed by atoms with Crippen molar-refractivity contribution in [1.82, 2.24) is 14.5 Å². The molecule has 3 rings (SSSR count). The summed E-state index contributed by atoms with van der Waals surface area (Å²) in [6.07, 6.45) is 5.53. The molecular formula is C13H11N3. The molecule has 0 aliphatic rings. The average Bonchev–Trinajstić information content (AvgIpc) is 2.81. The standard InChI is InChI=1S/C13H11N3/c1-10-8-13(16-7-6-14-9-16)11-4-2-3-5-12(11)15-10/h2-9H,1H3. The third kappa shape index (κ3) is 1.37. The Morgan fingerprint density at radius 1 is 1.19 bits per heavy atom. The number of imidazole rings is 1. The molecule has 16 heavy (non-hydrogen) atoms. The summed E-state index contributed by atoms with van der Waals surface area (Å²) >= 11 is 0. The minimum atomic E-state index is 1.02. The Labute approximate surface area is 93.4 Å². The van der Waals surface area contributed by atoms with Crippen molar-refractivity contribution in [1.29, 1.82) is 0 Å². The zero-order valence-electron chi connectivity index (χ0n) is 8.96. The van der Waals surface area contributed by atoms with Crippen LogP contribution < -0.4 is 0 Å². The molecule has 0 aliphatic heterocycles. The van der Waals surface area contributed by atoms with Crippen molar-refractivity contribution in [2.24, 2.45) is 0 Å². The highest BCUT2D eigenvalue weighted by molar-refractivity contribution is 5.87. The maximum atomic E-state index is 4.51. The Kier molecular flexibility index (Phi) is 1.96. The summed E-state index contributed by atoms with van der Waals surface area (Å²) in [5.74, 6) is 0. The number of para-hydroxylation sites is 1. The summed E-state index contributed by atoms with van der Waals surface area (Å²) in [5, 5.41) is 1.14. The van der Waals surface area contributed by atoms with Crippen LogP contribution in [0, 0.1) is 6.92 Å². The van der Waals surface area contributed by atoms with Gasteiger partial charge in [0.25, 0.3) is 0 Å². The second kappa shape index (κ2) is 3.45. The molecule has 0 N–H and O–H groups in total. The fraction of sp³-hybridized carbons (Fsp3) is 0.0769. The van der Waals surface area contributed by atoms with E-state index in [0.717, 1.165) is 22.3 Å². The smallest absolute Gasteiger partial charge is 0.0991 e. The first-order valence-electron chi connectivity index (χ1n) is 5.19. The van der Waals surface area contributed by atoms with E-state index >= 15 is 0 Å². The van der Waals surface area contributed by atoms with Crippen molar-refractivity contribution in [2.45, 2.75) is 6.92 Å². The van der Waals surface area contributed by atoms with Gasteiger partial charge < -0.3 is 4.57 Å². The molecule has 0 saturated carbocycles. The molecule has 1 aromatic carbocycles. The Bertz CT molecular complexity index is 627. The molecule has 0 amide bonds. The number of nitrogens with zero attached hydrogens (tertiary/aromatic N) is 3. The van der Waals surface area contributed by atoms with E-state index in [1.54, 1.807) is 12.5 Å².